The van der Waals surface area contributed by atoms with Gasteiger partial charge in [0.2, 0.25) is 11.8 Å². The number of rotatable bonds is 2. The zero-order valence-electron chi connectivity index (χ0n) is 8.35. The van der Waals surface area contributed by atoms with Crippen LogP contribution in [0.2, 0.25) is 0 Å². The van der Waals surface area contributed by atoms with Crippen LogP contribution in [0.3, 0.4) is 0 Å². The van der Waals surface area contributed by atoms with Crippen molar-refractivity contribution in [1.82, 2.24) is 4.90 Å². The molecule has 0 aliphatic carbocycles. The molecule has 1 heterocycles. The molecule has 0 spiro atoms. The van der Waals surface area contributed by atoms with E-state index in [0.29, 0.717) is 4.90 Å². The Morgan fingerprint density at radius 2 is 1.59 bits per heavy atom. The number of alkyl halides is 6. The van der Waals surface area contributed by atoms with Gasteiger partial charge in [0.25, 0.3) is 0 Å². The lowest BCUT2D eigenvalue weighted by Crippen LogP contribution is -2.58. The highest BCUT2D eigenvalue weighted by Gasteiger charge is 2.62. The monoisotopic (exact) mass is 265 g/mol. The summed E-state index contributed by atoms with van der Waals surface area (Å²) >= 11 is 0. The number of aliphatic hydroxyl groups is 1. The van der Waals surface area contributed by atoms with Crippen molar-refractivity contribution in [2.45, 2.75) is 12.4 Å². The molecule has 1 fully saturated rings. The highest BCUT2D eigenvalue weighted by molar-refractivity contribution is 5.81. The molecule has 1 rings (SSSR count). The number of carbonyl (C=O) groups is 1. The Bertz CT molecular complexity index is 279. The molecule has 9 heteroatoms. The van der Waals surface area contributed by atoms with Crippen molar-refractivity contribution >= 4 is 5.91 Å². The molecule has 0 aromatic heterocycles. The van der Waals surface area contributed by atoms with Gasteiger partial charge in [-0.25, -0.2) is 0 Å². The molecule has 0 unspecified atom stereocenters. The van der Waals surface area contributed by atoms with Gasteiger partial charge in [0.15, 0.2) is 0 Å². The molecule has 0 aromatic rings. The fraction of sp³-hybridized carbons (Fsp3) is 0.875. The van der Waals surface area contributed by atoms with E-state index < -0.39 is 30.1 Å². The molecular formula is C8H9F6NO2. The summed E-state index contributed by atoms with van der Waals surface area (Å²) in [6.45, 7) is -0.928. The van der Waals surface area contributed by atoms with E-state index in [0.717, 1.165) is 0 Å². The van der Waals surface area contributed by atoms with Crippen molar-refractivity contribution in [3.05, 3.63) is 0 Å². The fourth-order valence-electron chi connectivity index (χ4n) is 1.51. The number of nitrogens with zero attached hydrogens (tertiary/aromatic N) is 1. The van der Waals surface area contributed by atoms with Crippen LogP contribution < -0.4 is 0 Å². The van der Waals surface area contributed by atoms with Crippen LogP contribution in [-0.2, 0) is 4.79 Å². The lowest BCUT2D eigenvalue weighted by Gasteiger charge is -2.40. The highest BCUT2D eigenvalue weighted by Crippen LogP contribution is 2.41. The second-order valence-electron chi connectivity index (χ2n) is 3.81. The normalized spacial score (nSPS) is 18.5. The number of amides is 1. The van der Waals surface area contributed by atoms with Crippen molar-refractivity contribution in [1.29, 1.82) is 0 Å². The van der Waals surface area contributed by atoms with Gasteiger partial charge in [0.1, 0.15) is 0 Å². The first kappa shape index (κ1) is 14.1. The molecule has 1 N–H and O–H groups in total. The molecule has 1 aliphatic rings. The van der Waals surface area contributed by atoms with E-state index in [9.17, 15) is 31.1 Å². The van der Waals surface area contributed by atoms with Crippen LogP contribution in [0.25, 0.3) is 0 Å². The standard InChI is InChI=1S/C8H9F6NO2/c9-7(10,11)5(8(12,13)14)6(17)15-1-4(2-15)3-16/h4-5,16H,1-3H2. The summed E-state index contributed by atoms with van der Waals surface area (Å²) in [6, 6.07) is 0. The minimum Gasteiger partial charge on any atom is -0.396 e. The molecule has 0 saturated carbocycles. The molecule has 3 nitrogen and oxygen atoms in total. The van der Waals surface area contributed by atoms with E-state index in [1.54, 1.807) is 0 Å². The highest BCUT2D eigenvalue weighted by atomic mass is 19.4. The van der Waals surface area contributed by atoms with Gasteiger partial charge in [-0.05, 0) is 0 Å². The zero-order chi connectivity index (χ0) is 13.4. The molecule has 1 aliphatic heterocycles. The molecule has 100 valence electrons. The first-order valence-corrected chi connectivity index (χ1v) is 4.60. The number of hydrogen-bond donors (Lipinski definition) is 1. The lowest BCUT2D eigenvalue weighted by atomic mass is 9.97. The average molecular weight is 265 g/mol. The van der Waals surface area contributed by atoms with Crippen molar-refractivity contribution in [2.24, 2.45) is 11.8 Å². The van der Waals surface area contributed by atoms with Crippen LogP contribution in [0.5, 0.6) is 0 Å². The second-order valence-corrected chi connectivity index (χ2v) is 3.81. The van der Waals surface area contributed by atoms with Gasteiger partial charge in [-0.1, -0.05) is 0 Å². The zero-order valence-corrected chi connectivity index (χ0v) is 8.35. The lowest BCUT2D eigenvalue weighted by molar-refractivity contribution is -0.279. The molecule has 17 heavy (non-hydrogen) atoms. The Labute approximate surface area is 92.0 Å². The summed E-state index contributed by atoms with van der Waals surface area (Å²) in [4.78, 5) is 11.5. The predicted octanol–water partition coefficient (Wildman–Crippen LogP) is 1.18. The predicted molar refractivity (Wildman–Crippen MR) is 42.8 cm³/mol. The molecule has 0 atom stereocenters. The van der Waals surface area contributed by atoms with Gasteiger partial charge in [0, 0.05) is 25.6 Å². The first-order valence-electron chi connectivity index (χ1n) is 4.60. The van der Waals surface area contributed by atoms with Gasteiger partial charge in [-0.15, -0.1) is 0 Å². The average Bonchev–Trinajstić information content (AvgIpc) is 1.95. The minimum atomic E-state index is -5.65. The van der Waals surface area contributed by atoms with Crippen molar-refractivity contribution in [3.8, 4) is 0 Å². The smallest absolute Gasteiger partial charge is 0.396 e. The Balaban J connectivity index is 2.76. The summed E-state index contributed by atoms with van der Waals surface area (Å²) < 4.78 is 72.9. The maximum atomic E-state index is 12.1. The van der Waals surface area contributed by atoms with Crippen molar-refractivity contribution in [3.63, 3.8) is 0 Å². The van der Waals surface area contributed by atoms with Crippen LogP contribution in [-0.4, -0.2) is 48.0 Å². The minimum absolute atomic E-state index is 0.280. The summed E-state index contributed by atoms with van der Waals surface area (Å²) in [5.41, 5.74) is 0. The van der Waals surface area contributed by atoms with Gasteiger partial charge in [-0.2, -0.15) is 26.3 Å². The van der Waals surface area contributed by atoms with E-state index in [-0.39, 0.29) is 19.7 Å². The van der Waals surface area contributed by atoms with Gasteiger partial charge >= 0.3 is 12.4 Å². The maximum absolute atomic E-state index is 12.1. The third kappa shape index (κ3) is 3.02. The van der Waals surface area contributed by atoms with Gasteiger partial charge in [0.05, 0.1) is 0 Å². The topological polar surface area (TPSA) is 40.5 Å². The number of aliphatic hydroxyl groups excluding tert-OH is 1. The Morgan fingerprint density at radius 3 is 1.88 bits per heavy atom. The number of hydrogen-bond acceptors (Lipinski definition) is 2. The van der Waals surface area contributed by atoms with Crippen molar-refractivity contribution < 1.29 is 36.2 Å². The summed E-state index contributed by atoms with van der Waals surface area (Å²) in [6.07, 6.45) is -11.3. The van der Waals surface area contributed by atoms with Crippen molar-refractivity contribution in [2.75, 3.05) is 19.7 Å². The molecule has 0 radical (unpaired) electrons. The van der Waals surface area contributed by atoms with E-state index in [1.165, 1.54) is 0 Å². The van der Waals surface area contributed by atoms with Gasteiger partial charge in [-0.3, -0.25) is 4.79 Å². The third-order valence-corrected chi connectivity index (χ3v) is 2.43. The van der Waals surface area contributed by atoms with Gasteiger partial charge < -0.3 is 10.0 Å². The summed E-state index contributed by atoms with van der Waals surface area (Å²) in [5, 5.41) is 8.56. The van der Waals surface area contributed by atoms with E-state index in [1.807, 2.05) is 0 Å². The number of carbonyl (C=O) groups excluding carboxylic acids is 1. The van der Waals surface area contributed by atoms with E-state index in [4.69, 9.17) is 5.11 Å². The largest absolute Gasteiger partial charge is 0.409 e. The summed E-state index contributed by atoms with van der Waals surface area (Å²) in [5.74, 6) is -6.43. The molecular weight excluding hydrogens is 256 g/mol. The number of likely N-dealkylation sites (tertiary alicyclic amines) is 1. The maximum Gasteiger partial charge on any atom is 0.409 e. The van der Waals surface area contributed by atoms with Crippen LogP contribution in [0.1, 0.15) is 0 Å². The first-order chi connectivity index (χ1) is 7.57. The molecule has 1 amide bonds. The van der Waals surface area contributed by atoms with Crippen LogP contribution >= 0.6 is 0 Å². The molecule has 1 saturated heterocycles. The molecule has 0 aromatic carbocycles. The quantitative estimate of drug-likeness (QED) is 0.762. The Hall–Kier alpha value is -0.990. The third-order valence-electron chi connectivity index (χ3n) is 2.43. The van der Waals surface area contributed by atoms with Crippen LogP contribution in [0.15, 0.2) is 0 Å². The number of halogens is 6. The second kappa shape index (κ2) is 4.35. The summed E-state index contributed by atoms with van der Waals surface area (Å²) in [7, 11) is 0. The SMILES string of the molecule is O=C(C(C(F)(F)F)C(F)(F)F)N1CC(CO)C1. The molecule has 0 bridgehead atoms. The van der Waals surface area contributed by atoms with Crippen LogP contribution in [0.4, 0.5) is 26.3 Å². The Morgan fingerprint density at radius 1 is 1.18 bits per heavy atom. The fourth-order valence-corrected chi connectivity index (χ4v) is 1.51. The van der Waals surface area contributed by atoms with E-state index in [2.05, 4.69) is 0 Å². The van der Waals surface area contributed by atoms with Crippen LogP contribution in [0, 0.1) is 11.8 Å². The Kier molecular flexibility index (Phi) is 3.60. The van der Waals surface area contributed by atoms with E-state index >= 15 is 0 Å².